The Balaban J connectivity index is 1.70. The molecule has 0 saturated heterocycles. The number of aromatic hydroxyl groups is 2. The Morgan fingerprint density at radius 1 is 1.23 bits per heavy atom. The zero-order valence-corrected chi connectivity index (χ0v) is 17.5. The van der Waals surface area contributed by atoms with Crippen LogP contribution in [0.5, 0.6) is 11.5 Å². The first-order chi connectivity index (χ1) is 14.2. The Hall–Kier alpha value is -3.03. The van der Waals surface area contributed by atoms with Gasteiger partial charge in [0.05, 0.1) is 11.6 Å². The molecule has 7 nitrogen and oxygen atoms in total. The van der Waals surface area contributed by atoms with Gasteiger partial charge in [-0.1, -0.05) is 12.1 Å². The summed E-state index contributed by atoms with van der Waals surface area (Å²) >= 11 is 0. The number of fused-ring (bicyclic) bond motifs is 1. The van der Waals surface area contributed by atoms with Gasteiger partial charge in [-0.3, -0.25) is 15.4 Å². The molecule has 0 fully saturated rings. The van der Waals surface area contributed by atoms with E-state index in [4.69, 9.17) is 5.73 Å². The Morgan fingerprint density at radius 3 is 2.73 bits per heavy atom. The molecular weight excluding hydrogens is 380 g/mol. The summed E-state index contributed by atoms with van der Waals surface area (Å²) in [7, 11) is 1.98. The van der Waals surface area contributed by atoms with Gasteiger partial charge in [0.25, 0.3) is 5.91 Å². The molecule has 4 rings (SSSR count). The molecule has 7 heteroatoms. The minimum absolute atomic E-state index is 0.00200. The number of carbonyl (C=O) groups is 1. The lowest BCUT2D eigenvalue weighted by molar-refractivity contribution is 0.0803. The van der Waals surface area contributed by atoms with Crippen molar-refractivity contribution in [3.63, 3.8) is 0 Å². The van der Waals surface area contributed by atoms with Crippen molar-refractivity contribution in [2.45, 2.75) is 44.6 Å². The van der Waals surface area contributed by atoms with E-state index in [1.165, 1.54) is 18.2 Å². The van der Waals surface area contributed by atoms with E-state index in [0.29, 0.717) is 0 Å². The van der Waals surface area contributed by atoms with Crippen molar-refractivity contribution in [3.05, 3.63) is 65.4 Å². The van der Waals surface area contributed by atoms with Crippen LogP contribution < -0.4 is 16.0 Å². The second kappa shape index (κ2) is 7.34. The molecule has 2 unspecified atom stereocenters. The van der Waals surface area contributed by atoms with Crippen LogP contribution in [0.1, 0.15) is 47.8 Å². The number of nitrogens with two attached hydrogens (primary N) is 1. The number of amides is 1. The number of benzene rings is 2. The second-order valence-corrected chi connectivity index (χ2v) is 8.36. The summed E-state index contributed by atoms with van der Waals surface area (Å²) in [4.78, 5) is 17.1. The van der Waals surface area contributed by atoms with E-state index in [-0.39, 0.29) is 35.1 Å². The molecule has 0 bridgehead atoms. The van der Waals surface area contributed by atoms with E-state index in [9.17, 15) is 15.0 Å². The molecule has 5 N–H and O–H groups in total. The maximum Gasteiger partial charge on any atom is 0.262 e. The average molecular weight is 409 g/mol. The van der Waals surface area contributed by atoms with Gasteiger partial charge in [0, 0.05) is 17.8 Å². The first-order valence-corrected chi connectivity index (χ1v) is 10.1. The summed E-state index contributed by atoms with van der Waals surface area (Å²) in [6.07, 6.45) is 5.65. The first kappa shape index (κ1) is 20.3. The van der Waals surface area contributed by atoms with Gasteiger partial charge in [-0.2, -0.15) is 0 Å². The van der Waals surface area contributed by atoms with Crippen molar-refractivity contribution in [1.29, 1.82) is 0 Å². The minimum atomic E-state index is -0.651. The molecule has 158 valence electrons. The topological polar surface area (TPSA) is 102 Å². The maximum atomic E-state index is 13.3. The lowest BCUT2D eigenvalue weighted by Gasteiger charge is -2.43. The van der Waals surface area contributed by atoms with Gasteiger partial charge < -0.3 is 20.4 Å². The van der Waals surface area contributed by atoms with Crippen molar-refractivity contribution >= 4 is 11.6 Å². The Labute approximate surface area is 176 Å². The summed E-state index contributed by atoms with van der Waals surface area (Å²) < 4.78 is 0. The second-order valence-electron chi connectivity index (χ2n) is 8.36. The van der Waals surface area contributed by atoms with Gasteiger partial charge in [-0.25, -0.2) is 0 Å². The molecule has 3 atom stereocenters. The van der Waals surface area contributed by atoms with Crippen molar-refractivity contribution in [2.24, 2.45) is 5.73 Å². The molecule has 2 heterocycles. The molecule has 0 radical (unpaired) electrons. The van der Waals surface area contributed by atoms with Gasteiger partial charge in [-0.15, -0.1) is 0 Å². The number of phenols is 2. The summed E-state index contributed by atoms with van der Waals surface area (Å²) in [5.74, 6) is -1.23. The highest BCUT2D eigenvalue weighted by Gasteiger charge is 2.34. The van der Waals surface area contributed by atoms with E-state index in [1.807, 2.05) is 39.2 Å². The third kappa shape index (κ3) is 3.40. The molecular formula is C23H28N4O3. The van der Waals surface area contributed by atoms with Crippen molar-refractivity contribution < 1.29 is 15.0 Å². The van der Waals surface area contributed by atoms with Crippen LogP contribution in [0.2, 0.25) is 0 Å². The number of nitrogens with one attached hydrogen (secondary N) is 1. The monoisotopic (exact) mass is 408 g/mol. The van der Waals surface area contributed by atoms with E-state index >= 15 is 0 Å². The van der Waals surface area contributed by atoms with Crippen LogP contribution in [0.3, 0.4) is 0 Å². The van der Waals surface area contributed by atoms with Gasteiger partial charge in [0.2, 0.25) is 0 Å². The molecule has 2 aromatic carbocycles. The van der Waals surface area contributed by atoms with Crippen LogP contribution in [0.15, 0.2) is 48.7 Å². The highest BCUT2D eigenvalue weighted by atomic mass is 16.3. The minimum Gasteiger partial charge on any atom is -0.508 e. The number of anilines is 1. The van der Waals surface area contributed by atoms with Crippen LogP contribution in [-0.2, 0) is 6.42 Å². The number of hydrogen-bond acceptors (Lipinski definition) is 6. The summed E-state index contributed by atoms with van der Waals surface area (Å²) in [5, 5.41) is 22.9. The molecule has 1 amide bonds. The number of carbonyl (C=O) groups excluding carboxylic acids is 1. The van der Waals surface area contributed by atoms with Crippen LogP contribution >= 0.6 is 0 Å². The average Bonchev–Trinajstić information content (AvgIpc) is 2.69. The smallest absolute Gasteiger partial charge is 0.262 e. The van der Waals surface area contributed by atoms with Gasteiger partial charge >= 0.3 is 0 Å². The number of likely N-dealkylation sites (N-methyl/N-ethyl adjacent to an activating group) is 1. The van der Waals surface area contributed by atoms with Gasteiger partial charge in [0.15, 0.2) is 0 Å². The zero-order chi connectivity index (χ0) is 21.6. The summed E-state index contributed by atoms with van der Waals surface area (Å²) in [6, 6.07) is 10.2. The number of hydrogen-bond donors (Lipinski definition) is 4. The standard InChI is InChI=1S/C23H28N4O3/c1-14-4-5-16-12-15(19-10-11-25-23(2,24)26(19)3)6-9-20(16)27(14)22(30)18-8-7-17(28)13-21(18)29/h6-14,19,25,28-29H,4-5,24H2,1-3H3/t14-,19?,23?/m0/s1. The lowest BCUT2D eigenvalue weighted by Crippen LogP contribution is -2.62. The molecule has 2 aliphatic rings. The molecule has 2 aliphatic heterocycles. The van der Waals surface area contributed by atoms with Crippen LogP contribution in [0.4, 0.5) is 5.69 Å². The molecule has 0 aliphatic carbocycles. The van der Waals surface area contributed by atoms with Crippen molar-refractivity contribution in [2.75, 3.05) is 11.9 Å². The first-order valence-electron chi connectivity index (χ1n) is 10.1. The quantitative estimate of drug-likeness (QED) is 0.610. The Bertz CT molecular complexity index is 1020. The zero-order valence-electron chi connectivity index (χ0n) is 17.5. The molecule has 0 saturated carbocycles. The Kier molecular flexibility index (Phi) is 4.95. The summed E-state index contributed by atoms with van der Waals surface area (Å²) in [5.41, 5.74) is 9.56. The maximum absolute atomic E-state index is 13.3. The predicted octanol–water partition coefficient (Wildman–Crippen LogP) is 2.80. The largest absolute Gasteiger partial charge is 0.508 e. The van der Waals surface area contributed by atoms with E-state index in [2.05, 4.69) is 22.4 Å². The Morgan fingerprint density at radius 2 is 2.00 bits per heavy atom. The number of aryl methyl sites for hydroxylation is 1. The molecule has 0 aromatic heterocycles. The highest BCUT2D eigenvalue weighted by molar-refractivity contribution is 6.09. The van der Waals surface area contributed by atoms with Gasteiger partial charge in [-0.05, 0) is 75.3 Å². The van der Waals surface area contributed by atoms with Crippen LogP contribution in [0, 0.1) is 0 Å². The lowest BCUT2D eigenvalue weighted by atomic mass is 9.91. The van der Waals surface area contributed by atoms with Crippen molar-refractivity contribution in [1.82, 2.24) is 10.2 Å². The van der Waals surface area contributed by atoms with Crippen LogP contribution in [-0.4, -0.2) is 39.9 Å². The van der Waals surface area contributed by atoms with E-state index in [1.54, 1.807) is 4.90 Å². The summed E-state index contributed by atoms with van der Waals surface area (Å²) in [6.45, 7) is 3.93. The number of nitrogens with zero attached hydrogens (tertiary/aromatic N) is 2. The third-order valence-electron chi connectivity index (χ3n) is 6.21. The number of phenolic OH excluding ortho intramolecular Hbond substituents is 2. The molecule has 30 heavy (non-hydrogen) atoms. The predicted molar refractivity (Wildman–Crippen MR) is 116 cm³/mol. The molecule has 0 spiro atoms. The normalized spacial score (nSPS) is 26.2. The van der Waals surface area contributed by atoms with Crippen molar-refractivity contribution in [3.8, 4) is 11.5 Å². The van der Waals surface area contributed by atoms with E-state index < -0.39 is 5.79 Å². The fourth-order valence-electron chi connectivity index (χ4n) is 4.26. The van der Waals surface area contributed by atoms with Gasteiger partial charge in [0.1, 0.15) is 17.3 Å². The van der Waals surface area contributed by atoms with Crippen LogP contribution in [0.25, 0.3) is 0 Å². The number of rotatable bonds is 2. The fraction of sp³-hybridized carbons (Fsp3) is 0.348. The third-order valence-corrected chi connectivity index (χ3v) is 6.21. The SMILES string of the molecule is C[C@H]1CCc2cc(C3C=CNC(C)(N)N3C)ccc2N1C(=O)c1ccc(O)cc1O. The fourth-order valence-corrected chi connectivity index (χ4v) is 4.26. The highest BCUT2D eigenvalue weighted by Crippen LogP contribution is 2.37. The molecule has 2 aromatic rings. The van der Waals surface area contributed by atoms with E-state index in [0.717, 1.165) is 29.7 Å².